The van der Waals surface area contributed by atoms with Gasteiger partial charge in [-0.3, -0.25) is 0 Å². The predicted octanol–water partition coefficient (Wildman–Crippen LogP) is 2.14. The Morgan fingerprint density at radius 1 is 1.54 bits per heavy atom. The zero-order valence-electron chi connectivity index (χ0n) is 7.16. The van der Waals surface area contributed by atoms with Crippen LogP contribution in [0.5, 0.6) is 0 Å². The van der Waals surface area contributed by atoms with E-state index in [9.17, 15) is 4.39 Å². The molecular formula is C9H9FN2S. The Morgan fingerprint density at radius 3 is 3.00 bits per heavy atom. The van der Waals surface area contributed by atoms with Crippen LogP contribution >= 0.6 is 12.6 Å². The lowest BCUT2D eigenvalue weighted by atomic mass is 10.3. The predicted molar refractivity (Wildman–Crippen MR) is 53.4 cm³/mol. The third-order valence-electron chi connectivity index (χ3n) is 2.08. The summed E-state index contributed by atoms with van der Waals surface area (Å²) in [4.78, 5) is 4.24. The summed E-state index contributed by atoms with van der Waals surface area (Å²) in [6.07, 6.45) is 0. The molecule has 0 aliphatic carbocycles. The van der Waals surface area contributed by atoms with Gasteiger partial charge in [-0.2, -0.15) is 12.6 Å². The van der Waals surface area contributed by atoms with E-state index < -0.39 is 0 Å². The van der Waals surface area contributed by atoms with Gasteiger partial charge in [-0.05, 0) is 12.1 Å². The van der Waals surface area contributed by atoms with Crippen LogP contribution < -0.4 is 0 Å². The first-order valence-electron chi connectivity index (χ1n) is 3.94. The molecule has 0 saturated carbocycles. The Bertz CT molecular complexity index is 450. The van der Waals surface area contributed by atoms with Gasteiger partial charge in [0.05, 0.1) is 11.0 Å². The Balaban J connectivity index is 2.76. The van der Waals surface area contributed by atoms with Crippen LogP contribution in [0.15, 0.2) is 18.2 Å². The number of thiol groups is 1. The molecule has 2 aromatic rings. The first-order chi connectivity index (χ1) is 6.22. The van der Waals surface area contributed by atoms with Crippen LogP contribution in [-0.4, -0.2) is 9.55 Å². The van der Waals surface area contributed by atoms with Crippen LogP contribution in [0, 0.1) is 5.82 Å². The quantitative estimate of drug-likeness (QED) is 0.692. The van der Waals surface area contributed by atoms with Crippen molar-refractivity contribution in [1.82, 2.24) is 9.55 Å². The highest BCUT2D eigenvalue weighted by Crippen LogP contribution is 2.16. The molecule has 2 rings (SSSR count). The van der Waals surface area contributed by atoms with Crippen LogP contribution in [0.4, 0.5) is 4.39 Å². The minimum absolute atomic E-state index is 0.253. The fraction of sp³-hybridized carbons (Fsp3) is 0.222. The molecule has 0 amide bonds. The highest BCUT2D eigenvalue weighted by Gasteiger charge is 2.05. The summed E-state index contributed by atoms with van der Waals surface area (Å²) in [5.74, 6) is 1.16. The molecule has 0 N–H and O–H groups in total. The number of hydrogen-bond donors (Lipinski definition) is 1. The SMILES string of the molecule is Cn1c(CS)nc2cc(F)ccc21. The number of imidazole rings is 1. The Labute approximate surface area is 80.8 Å². The van der Waals surface area contributed by atoms with E-state index in [0.29, 0.717) is 11.3 Å². The molecule has 0 saturated heterocycles. The zero-order chi connectivity index (χ0) is 9.42. The Kier molecular flexibility index (Phi) is 2.00. The molecule has 0 unspecified atom stereocenters. The van der Waals surface area contributed by atoms with E-state index in [1.54, 1.807) is 6.07 Å². The van der Waals surface area contributed by atoms with Crippen LogP contribution in [0.2, 0.25) is 0 Å². The number of nitrogens with zero attached hydrogens (tertiary/aromatic N) is 2. The first-order valence-corrected chi connectivity index (χ1v) is 4.57. The van der Waals surface area contributed by atoms with Gasteiger partial charge in [0.15, 0.2) is 0 Å². The van der Waals surface area contributed by atoms with Gasteiger partial charge >= 0.3 is 0 Å². The highest BCUT2D eigenvalue weighted by atomic mass is 32.1. The third kappa shape index (κ3) is 1.31. The van der Waals surface area contributed by atoms with Crippen LogP contribution in [0.1, 0.15) is 5.82 Å². The molecule has 68 valence electrons. The van der Waals surface area contributed by atoms with E-state index in [1.807, 2.05) is 11.6 Å². The van der Waals surface area contributed by atoms with Crippen molar-refractivity contribution in [3.05, 3.63) is 29.8 Å². The molecule has 0 aliphatic rings. The number of benzene rings is 1. The van der Waals surface area contributed by atoms with E-state index in [0.717, 1.165) is 11.3 Å². The van der Waals surface area contributed by atoms with Gasteiger partial charge in [-0.15, -0.1) is 0 Å². The van der Waals surface area contributed by atoms with Crippen molar-refractivity contribution in [3.8, 4) is 0 Å². The maximum atomic E-state index is 12.8. The molecule has 2 nitrogen and oxygen atoms in total. The van der Waals surface area contributed by atoms with Crippen LogP contribution in [-0.2, 0) is 12.8 Å². The highest BCUT2D eigenvalue weighted by molar-refractivity contribution is 7.79. The maximum Gasteiger partial charge on any atom is 0.125 e. The molecule has 1 aromatic heterocycles. The smallest absolute Gasteiger partial charge is 0.125 e. The van der Waals surface area contributed by atoms with Crippen LogP contribution in [0.25, 0.3) is 11.0 Å². The average Bonchev–Trinajstić information content (AvgIpc) is 2.42. The summed E-state index contributed by atoms with van der Waals surface area (Å²) < 4.78 is 14.7. The van der Waals surface area contributed by atoms with Crippen molar-refractivity contribution in [2.24, 2.45) is 7.05 Å². The Morgan fingerprint density at radius 2 is 2.31 bits per heavy atom. The Hall–Kier alpha value is -1.03. The molecule has 1 heterocycles. The molecule has 0 atom stereocenters. The summed E-state index contributed by atoms with van der Waals surface area (Å²) in [6, 6.07) is 4.60. The van der Waals surface area contributed by atoms with Gasteiger partial charge in [0, 0.05) is 18.9 Å². The average molecular weight is 196 g/mol. The van der Waals surface area contributed by atoms with Gasteiger partial charge in [0.1, 0.15) is 11.6 Å². The standard InChI is InChI=1S/C9H9FN2S/c1-12-8-3-2-6(10)4-7(8)11-9(12)5-13/h2-4,13H,5H2,1H3. The van der Waals surface area contributed by atoms with Crippen molar-refractivity contribution >= 4 is 23.7 Å². The molecule has 0 aliphatic heterocycles. The molecular weight excluding hydrogens is 187 g/mol. The molecule has 13 heavy (non-hydrogen) atoms. The largest absolute Gasteiger partial charge is 0.330 e. The summed E-state index contributed by atoms with van der Waals surface area (Å²) >= 11 is 4.14. The monoisotopic (exact) mass is 196 g/mol. The molecule has 0 radical (unpaired) electrons. The summed E-state index contributed by atoms with van der Waals surface area (Å²) in [5, 5.41) is 0. The van der Waals surface area contributed by atoms with E-state index in [1.165, 1.54) is 12.1 Å². The minimum atomic E-state index is -0.253. The number of halogens is 1. The maximum absolute atomic E-state index is 12.8. The molecule has 1 aromatic carbocycles. The molecule has 0 fully saturated rings. The van der Waals surface area contributed by atoms with E-state index >= 15 is 0 Å². The zero-order valence-corrected chi connectivity index (χ0v) is 8.05. The number of fused-ring (bicyclic) bond motifs is 1. The number of aromatic nitrogens is 2. The molecule has 4 heteroatoms. The second-order valence-electron chi connectivity index (χ2n) is 2.88. The van der Waals surface area contributed by atoms with Crippen molar-refractivity contribution in [2.75, 3.05) is 0 Å². The number of hydrogen-bond acceptors (Lipinski definition) is 2. The number of rotatable bonds is 1. The van der Waals surface area contributed by atoms with Crippen molar-refractivity contribution in [3.63, 3.8) is 0 Å². The molecule has 0 spiro atoms. The summed E-state index contributed by atoms with van der Waals surface area (Å²) in [7, 11) is 1.90. The lowest BCUT2D eigenvalue weighted by molar-refractivity contribution is 0.629. The van der Waals surface area contributed by atoms with E-state index in [4.69, 9.17) is 0 Å². The fourth-order valence-corrected chi connectivity index (χ4v) is 1.65. The van der Waals surface area contributed by atoms with Gasteiger partial charge in [-0.25, -0.2) is 9.37 Å². The molecule has 0 bridgehead atoms. The van der Waals surface area contributed by atoms with Crippen molar-refractivity contribution in [2.45, 2.75) is 5.75 Å². The van der Waals surface area contributed by atoms with Gasteiger partial charge in [0.2, 0.25) is 0 Å². The minimum Gasteiger partial charge on any atom is -0.330 e. The van der Waals surface area contributed by atoms with Crippen molar-refractivity contribution < 1.29 is 4.39 Å². The summed E-state index contributed by atoms with van der Waals surface area (Å²) in [5.41, 5.74) is 1.62. The van der Waals surface area contributed by atoms with Gasteiger partial charge in [0.25, 0.3) is 0 Å². The van der Waals surface area contributed by atoms with E-state index in [-0.39, 0.29) is 5.82 Å². The first kappa shape index (κ1) is 8.56. The van der Waals surface area contributed by atoms with E-state index in [2.05, 4.69) is 17.6 Å². The second kappa shape index (κ2) is 3.03. The van der Waals surface area contributed by atoms with Crippen molar-refractivity contribution in [1.29, 1.82) is 0 Å². The lowest BCUT2D eigenvalue weighted by Gasteiger charge is -1.96. The topological polar surface area (TPSA) is 17.8 Å². The second-order valence-corrected chi connectivity index (χ2v) is 3.19. The third-order valence-corrected chi connectivity index (χ3v) is 2.36. The normalized spacial score (nSPS) is 11.0. The fourth-order valence-electron chi connectivity index (χ4n) is 1.36. The van der Waals surface area contributed by atoms with Gasteiger partial charge < -0.3 is 4.57 Å². The summed E-state index contributed by atoms with van der Waals surface area (Å²) in [6.45, 7) is 0. The lowest BCUT2D eigenvalue weighted by Crippen LogP contribution is -1.93. The number of aryl methyl sites for hydroxylation is 1. The van der Waals surface area contributed by atoms with Gasteiger partial charge in [-0.1, -0.05) is 0 Å². The van der Waals surface area contributed by atoms with Crippen LogP contribution in [0.3, 0.4) is 0 Å².